The van der Waals surface area contributed by atoms with Gasteiger partial charge in [-0.2, -0.15) is 0 Å². The Morgan fingerprint density at radius 2 is 1.47 bits per heavy atom. The highest BCUT2D eigenvalue weighted by atomic mass is 32.2. The highest BCUT2D eigenvalue weighted by Gasteiger charge is 2.43. The number of sulfone groups is 1. The third-order valence-electron chi connectivity index (χ3n) is 6.66. The van der Waals surface area contributed by atoms with E-state index in [1.54, 1.807) is 13.8 Å². The van der Waals surface area contributed by atoms with Crippen molar-refractivity contribution in [3.63, 3.8) is 0 Å². The van der Waals surface area contributed by atoms with Gasteiger partial charge >= 0.3 is 0 Å². The summed E-state index contributed by atoms with van der Waals surface area (Å²) in [5.74, 6) is -0.395. The molecule has 0 bridgehead atoms. The normalized spacial score (nSPS) is 19.0. The summed E-state index contributed by atoms with van der Waals surface area (Å²) in [5, 5.41) is -0.812. The summed E-state index contributed by atoms with van der Waals surface area (Å²) in [6, 6.07) is 1.95. The van der Waals surface area contributed by atoms with Gasteiger partial charge in [-0.3, -0.25) is 4.79 Å². The minimum Gasteiger partial charge on any atom is -0.339 e. The van der Waals surface area contributed by atoms with Crippen LogP contribution in [0.15, 0.2) is 11.0 Å². The lowest BCUT2D eigenvalue weighted by molar-refractivity contribution is -0.133. The van der Waals surface area contributed by atoms with Crippen LogP contribution in [0.5, 0.6) is 0 Å². The molecule has 0 radical (unpaired) electrons. The van der Waals surface area contributed by atoms with E-state index in [0.717, 1.165) is 30.4 Å². The van der Waals surface area contributed by atoms with Crippen LogP contribution >= 0.6 is 0 Å². The molecule has 30 heavy (non-hydrogen) atoms. The summed E-state index contributed by atoms with van der Waals surface area (Å²) in [7, 11) is -7.09. The van der Waals surface area contributed by atoms with E-state index in [9.17, 15) is 21.6 Å². The van der Waals surface area contributed by atoms with Gasteiger partial charge in [0, 0.05) is 13.1 Å². The maximum atomic E-state index is 12.9. The molecule has 9 heteroatoms. The SMILES string of the molecule is Cc1cc(C)c(C)c(S(=O)(=O)NCC(=O)N2CC(S(=O)(=O)C3CCCCC3)C2)c1C. The van der Waals surface area contributed by atoms with Gasteiger partial charge in [0.05, 0.1) is 21.9 Å². The molecule has 2 fully saturated rings. The molecule has 1 aromatic carbocycles. The number of hydrogen-bond donors (Lipinski definition) is 1. The minimum absolute atomic E-state index is 0.154. The number of sulfonamides is 1. The van der Waals surface area contributed by atoms with Gasteiger partial charge < -0.3 is 4.90 Å². The molecule has 0 spiro atoms. The Kier molecular flexibility index (Phi) is 6.65. The maximum Gasteiger partial charge on any atom is 0.241 e. The number of carbonyl (C=O) groups excluding carboxylic acids is 1. The average molecular weight is 457 g/mol. The second-order valence-corrected chi connectivity index (χ2v) is 12.9. The van der Waals surface area contributed by atoms with E-state index in [2.05, 4.69) is 4.72 Å². The van der Waals surface area contributed by atoms with Crippen molar-refractivity contribution in [2.75, 3.05) is 19.6 Å². The number of aryl methyl sites for hydroxylation is 2. The smallest absolute Gasteiger partial charge is 0.241 e. The van der Waals surface area contributed by atoms with E-state index in [-0.39, 0.29) is 29.8 Å². The molecule has 1 saturated carbocycles. The van der Waals surface area contributed by atoms with Crippen molar-refractivity contribution in [2.45, 2.75) is 75.2 Å². The molecule has 3 rings (SSSR count). The quantitative estimate of drug-likeness (QED) is 0.707. The Labute approximate surface area is 180 Å². The molecule has 1 N–H and O–H groups in total. The van der Waals surface area contributed by atoms with E-state index in [0.29, 0.717) is 24.0 Å². The number of rotatable bonds is 6. The van der Waals surface area contributed by atoms with Crippen LogP contribution in [0.3, 0.4) is 0 Å². The molecular formula is C21H32N2O5S2. The molecule has 1 aromatic rings. The fourth-order valence-corrected chi connectivity index (χ4v) is 8.34. The fraction of sp³-hybridized carbons (Fsp3) is 0.667. The summed E-state index contributed by atoms with van der Waals surface area (Å²) in [6.45, 7) is 7.17. The predicted octanol–water partition coefficient (Wildman–Crippen LogP) is 2.16. The van der Waals surface area contributed by atoms with E-state index < -0.39 is 31.0 Å². The third-order valence-corrected chi connectivity index (χ3v) is 11.0. The third kappa shape index (κ3) is 4.43. The Hall–Kier alpha value is -1.45. The van der Waals surface area contributed by atoms with Gasteiger partial charge in [0.15, 0.2) is 9.84 Å². The maximum absolute atomic E-state index is 12.9. The predicted molar refractivity (Wildman–Crippen MR) is 117 cm³/mol. The lowest BCUT2D eigenvalue weighted by Crippen LogP contribution is -2.60. The van der Waals surface area contributed by atoms with Gasteiger partial charge in [-0.1, -0.05) is 25.3 Å². The van der Waals surface area contributed by atoms with E-state index in [1.807, 2.05) is 19.9 Å². The van der Waals surface area contributed by atoms with E-state index in [4.69, 9.17) is 0 Å². The summed E-state index contributed by atoms with van der Waals surface area (Å²) in [5.41, 5.74) is 3.09. The summed E-state index contributed by atoms with van der Waals surface area (Å²) >= 11 is 0. The molecular weight excluding hydrogens is 424 g/mol. The first-order valence-corrected chi connectivity index (χ1v) is 13.6. The van der Waals surface area contributed by atoms with Crippen LogP contribution in [0.25, 0.3) is 0 Å². The van der Waals surface area contributed by atoms with Gasteiger partial charge in [0.1, 0.15) is 0 Å². The first-order valence-electron chi connectivity index (χ1n) is 10.5. The number of benzene rings is 1. The van der Waals surface area contributed by atoms with Crippen LogP contribution in [0.2, 0.25) is 0 Å². The lowest BCUT2D eigenvalue weighted by Gasteiger charge is -2.40. The van der Waals surface area contributed by atoms with Crippen LogP contribution in [0, 0.1) is 27.7 Å². The first kappa shape index (κ1) is 23.2. The molecule has 0 atom stereocenters. The zero-order valence-corrected chi connectivity index (χ0v) is 19.8. The molecule has 0 aromatic heterocycles. The van der Waals surface area contributed by atoms with Gasteiger partial charge in [0.2, 0.25) is 15.9 Å². The van der Waals surface area contributed by atoms with Crippen LogP contribution in [0.4, 0.5) is 0 Å². The van der Waals surface area contributed by atoms with E-state index >= 15 is 0 Å². The number of likely N-dealkylation sites (tertiary alicyclic amines) is 1. The topological polar surface area (TPSA) is 101 Å². The number of nitrogens with zero attached hydrogens (tertiary/aromatic N) is 1. The fourth-order valence-electron chi connectivity index (χ4n) is 4.44. The van der Waals surface area contributed by atoms with Gasteiger partial charge in [-0.05, 0) is 62.8 Å². The van der Waals surface area contributed by atoms with Crippen molar-refractivity contribution in [2.24, 2.45) is 0 Å². The summed E-state index contributed by atoms with van der Waals surface area (Å²) in [4.78, 5) is 14.1. The highest BCUT2D eigenvalue weighted by molar-refractivity contribution is 7.92. The van der Waals surface area contributed by atoms with Crippen LogP contribution < -0.4 is 4.72 Å². The number of amides is 1. The Bertz CT molecular complexity index is 1010. The Balaban J connectivity index is 1.61. The minimum atomic E-state index is -3.85. The molecule has 1 aliphatic carbocycles. The Morgan fingerprint density at radius 3 is 2.00 bits per heavy atom. The second-order valence-electron chi connectivity index (χ2n) is 8.68. The molecule has 0 unspecified atom stereocenters. The summed E-state index contributed by atoms with van der Waals surface area (Å²) < 4.78 is 53.6. The van der Waals surface area contributed by atoms with Crippen LogP contribution in [-0.2, 0) is 24.7 Å². The van der Waals surface area contributed by atoms with Crippen LogP contribution in [0.1, 0.15) is 54.4 Å². The molecule has 2 aliphatic rings. The first-order chi connectivity index (χ1) is 13.9. The van der Waals surface area contributed by atoms with Gasteiger partial charge in [-0.25, -0.2) is 21.6 Å². The Morgan fingerprint density at radius 1 is 0.933 bits per heavy atom. The zero-order valence-electron chi connectivity index (χ0n) is 18.2. The molecule has 7 nitrogen and oxygen atoms in total. The van der Waals surface area contributed by atoms with Crippen molar-refractivity contribution in [1.82, 2.24) is 9.62 Å². The number of carbonyl (C=O) groups is 1. The van der Waals surface area contributed by atoms with Crippen molar-refractivity contribution in [3.05, 3.63) is 28.3 Å². The standard InChI is InChI=1S/C21H32N2O5S2/c1-14-10-15(2)17(4)21(16(14)3)30(27,28)22-11-20(24)23-12-19(13-23)29(25,26)18-8-6-5-7-9-18/h10,18-19,22H,5-9,11-13H2,1-4H3. The van der Waals surface area contributed by atoms with E-state index in [1.165, 1.54) is 4.90 Å². The molecule has 1 aliphatic heterocycles. The van der Waals surface area contributed by atoms with Gasteiger partial charge in [-0.15, -0.1) is 0 Å². The van der Waals surface area contributed by atoms with Crippen molar-refractivity contribution in [3.8, 4) is 0 Å². The molecule has 1 amide bonds. The monoisotopic (exact) mass is 456 g/mol. The molecule has 168 valence electrons. The second kappa shape index (κ2) is 8.59. The van der Waals surface area contributed by atoms with Crippen molar-refractivity contribution >= 4 is 25.8 Å². The number of hydrogen-bond acceptors (Lipinski definition) is 5. The van der Waals surface area contributed by atoms with Crippen molar-refractivity contribution in [1.29, 1.82) is 0 Å². The van der Waals surface area contributed by atoms with Gasteiger partial charge in [0.25, 0.3) is 0 Å². The largest absolute Gasteiger partial charge is 0.339 e. The number of nitrogens with one attached hydrogen (secondary N) is 1. The lowest BCUT2D eigenvalue weighted by atomic mass is 10.0. The van der Waals surface area contributed by atoms with Crippen LogP contribution in [-0.4, -0.2) is 57.8 Å². The summed E-state index contributed by atoms with van der Waals surface area (Å²) in [6.07, 6.45) is 4.39. The highest BCUT2D eigenvalue weighted by Crippen LogP contribution is 2.30. The van der Waals surface area contributed by atoms with Crippen molar-refractivity contribution < 1.29 is 21.6 Å². The molecule has 1 saturated heterocycles. The zero-order chi connectivity index (χ0) is 22.3. The average Bonchev–Trinajstić information content (AvgIpc) is 2.64. The molecule has 1 heterocycles.